The van der Waals surface area contributed by atoms with E-state index < -0.39 is 26.6 Å². The van der Waals surface area contributed by atoms with Gasteiger partial charge in [0.2, 0.25) is 5.91 Å². The van der Waals surface area contributed by atoms with E-state index in [2.05, 4.69) is 99.0 Å². The summed E-state index contributed by atoms with van der Waals surface area (Å²) in [5.74, 6) is -0.536. The second-order valence-electron chi connectivity index (χ2n) is 28.2. The van der Waals surface area contributed by atoms with E-state index in [1.807, 2.05) is 33.3 Å². The van der Waals surface area contributed by atoms with Crippen LogP contribution in [0.5, 0.6) is 0 Å². The van der Waals surface area contributed by atoms with Crippen molar-refractivity contribution in [2.75, 3.05) is 40.9 Å². The van der Waals surface area contributed by atoms with Crippen molar-refractivity contribution < 1.29 is 37.3 Å². The van der Waals surface area contributed by atoms with Crippen molar-refractivity contribution in [1.82, 2.24) is 5.32 Å². The van der Waals surface area contributed by atoms with E-state index >= 15 is 0 Å². The number of hydrogen-bond acceptors (Lipinski definition) is 7. The number of amides is 1. The number of phosphoric acid groups is 1. The number of allylic oxidation sites excluding steroid dienone is 13. The number of carbonyl (C=O) groups is 2. The van der Waals surface area contributed by atoms with Crippen LogP contribution in [-0.4, -0.2) is 69.4 Å². The molecule has 0 aliphatic heterocycles. The molecular formula is C83H153N2O7P. The minimum Gasteiger partial charge on any atom is -0.756 e. The van der Waals surface area contributed by atoms with Gasteiger partial charge in [-0.15, -0.1) is 0 Å². The molecule has 0 aromatic carbocycles. The maximum atomic E-state index is 13.7. The highest BCUT2D eigenvalue weighted by atomic mass is 31.2. The number of nitrogens with one attached hydrogen (secondary N) is 1. The summed E-state index contributed by atoms with van der Waals surface area (Å²) in [4.78, 5) is 40.4. The normalized spacial score (nSPS) is 13.8. The summed E-state index contributed by atoms with van der Waals surface area (Å²) in [6.07, 6.45) is 97.3. The third kappa shape index (κ3) is 73.3. The predicted molar refractivity (Wildman–Crippen MR) is 404 cm³/mol. The molecule has 0 rings (SSSR count). The number of hydrogen-bond donors (Lipinski definition) is 1. The molecule has 93 heavy (non-hydrogen) atoms. The van der Waals surface area contributed by atoms with Crippen molar-refractivity contribution in [3.63, 3.8) is 0 Å². The fourth-order valence-corrected chi connectivity index (χ4v) is 12.5. The number of ether oxygens (including phenoxy) is 1. The van der Waals surface area contributed by atoms with Crippen LogP contribution in [0.2, 0.25) is 0 Å². The van der Waals surface area contributed by atoms with Crippen molar-refractivity contribution in [2.45, 2.75) is 392 Å². The van der Waals surface area contributed by atoms with Crippen LogP contribution >= 0.6 is 7.82 Å². The Hall–Kier alpha value is -2.81. The molecule has 0 aromatic heterocycles. The maximum Gasteiger partial charge on any atom is 0.306 e. The average Bonchev–Trinajstić information content (AvgIpc) is 2.15. The fraction of sp³-hybridized carbons (Fsp3) is 0.807. The zero-order valence-electron chi connectivity index (χ0n) is 62.2. The quantitative estimate of drug-likeness (QED) is 0.0212. The minimum absolute atomic E-state index is 0.0245. The zero-order chi connectivity index (χ0) is 67.8. The van der Waals surface area contributed by atoms with Gasteiger partial charge in [-0.05, 0) is 83.1 Å². The number of phosphoric ester groups is 1. The number of esters is 1. The highest BCUT2D eigenvalue weighted by molar-refractivity contribution is 7.45. The Labute approximate surface area is 577 Å². The second kappa shape index (κ2) is 71.9. The Morgan fingerprint density at radius 3 is 1.03 bits per heavy atom. The first-order valence-electron chi connectivity index (χ1n) is 39.9. The van der Waals surface area contributed by atoms with Crippen molar-refractivity contribution in [1.29, 1.82) is 0 Å². The Balaban J connectivity index is 4.97. The molecule has 0 spiro atoms. The van der Waals surface area contributed by atoms with Crippen LogP contribution in [-0.2, 0) is 27.9 Å². The molecule has 0 aliphatic rings. The summed E-state index contributed by atoms with van der Waals surface area (Å²) in [5, 5.41) is 3.06. The van der Waals surface area contributed by atoms with Crippen LogP contribution in [0.4, 0.5) is 0 Å². The van der Waals surface area contributed by atoms with Crippen molar-refractivity contribution in [3.05, 3.63) is 85.1 Å². The molecule has 0 fully saturated rings. The summed E-state index contributed by atoms with van der Waals surface area (Å²) in [5.41, 5.74) is 0. The molecule has 1 N–H and O–H groups in total. The van der Waals surface area contributed by atoms with E-state index in [1.54, 1.807) is 0 Å². The first kappa shape index (κ1) is 90.2. The highest BCUT2D eigenvalue weighted by Gasteiger charge is 2.27. The van der Waals surface area contributed by atoms with Crippen LogP contribution in [0.15, 0.2) is 85.1 Å². The summed E-state index contributed by atoms with van der Waals surface area (Å²) >= 11 is 0. The third-order valence-electron chi connectivity index (χ3n) is 17.8. The Morgan fingerprint density at radius 1 is 0.387 bits per heavy atom. The summed E-state index contributed by atoms with van der Waals surface area (Å²) < 4.78 is 30.6. The van der Waals surface area contributed by atoms with E-state index in [0.717, 1.165) is 109 Å². The van der Waals surface area contributed by atoms with Gasteiger partial charge >= 0.3 is 5.97 Å². The molecule has 0 aromatic rings. The molecule has 0 radical (unpaired) electrons. The van der Waals surface area contributed by atoms with E-state index in [1.165, 1.54) is 238 Å². The van der Waals surface area contributed by atoms with Gasteiger partial charge in [0.15, 0.2) is 0 Å². The lowest BCUT2D eigenvalue weighted by molar-refractivity contribution is -0.870. The smallest absolute Gasteiger partial charge is 0.306 e. The van der Waals surface area contributed by atoms with Gasteiger partial charge in [0, 0.05) is 12.8 Å². The first-order chi connectivity index (χ1) is 45.4. The van der Waals surface area contributed by atoms with Crippen molar-refractivity contribution in [2.24, 2.45) is 0 Å². The number of rotatable bonds is 73. The number of nitrogens with zero attached hydrogens (tertiary/aromatic N) is 1. The summed E-state index contributed by atoms with van der Waals surface area (Å²) in [7, 11) is 1.19. The third-order valence-corrected chi connectivity index (χ3v) is 18.8. The molecule has 10 heteroatoms. The van der Waals surface area contributed by atoms with Gasteiger partial charge in [-0.2, -0.15) is 0 Å². The van der Waals surface area contributed by atoms with Crippen molar-refractivity contribution in [3.8, 4) is 0 Å². The van der Waals surface area contributed by atoms with Gasteiger partial charge in [-0.3, -0.25) is 14.2 Å². The lowest BCUT2D eigenvalue weighted by Gasteiger charge is -2.30. The molecule has 0 saturated heterocycles. The molecule has 9 nitrogen and oxygen atoms in total. The predicted octanol–water partition coefficient (Wildman–Crippen LogP) is 25.4. The molecular weight excluding hydrogens is 1170 g/mol. The SMILES string of the molecule is CC/C=C\C/C=C\C/C=C\C/C=C\C/C=C\C/C=C\CCCCCCCCCCC(=O)OC(/C=C/CCCCCCCCCCCCC)C(COP(=O)([O-])OCC[N+](C)(C)C)NC(=O)CCCCCCCCCCCCCCCCCCCCCCCCCCCCC. The lowest BCUT2D eigenvalue weighted by atomic mass is 10.0. The number of likely N-dealkylation sites (N-methyl/N-ethyl adjacent to an activating group) is 1. The molecule has 0 aliphatic carbocycles. The van der Waals surface area contributed by atoms with Crippen LogP contribution in [0.1, 0.15) is 380 Å². The number of carbonyl (C=O) groups excluding carboxylic acids is 2. The van der Waals surface area contributed by atoms with Crippen molar-refractivity contribution >= 4 is 19.7 Å². The van der Waals surface area contributed by atoms with E-state index in [0.29, 0.717) is 17.4 Å². The van der Waals surface area contributed by atoms with Gasteiger partial charge < -0.3 is 28.5 Å². The lowest BCUT2D eigenvalue weighted by Crippen LogP contribution is -2.47. The van der Waals surface area contributed by atoms with Crippen LogP contribution in [0, 0.1) is 0 Å². The van der Waals surface area contributed by atoms with Gasteiger partial charge in [-0.1, -0.05) is 369 Å². The largest absolute Gasteiger partial charge is 0.756 e. The van der Waals surface area contributed by atoms with Crippen LogP contribution in [0.3, 0.4) is 0 Å². The summed E-state index contributed by atoms with van der Waals surface area (Å²) in [6, 6.07) is -0.896. The molecule has 0 saturated carbocycles. The number of quaternary nitrogens is 1. The highest BCUT2D eigenvalue weighted by Crippen LogP contribution is 2.38. The Bertz CT molecular complexity index is 1870. The minimum atomic E-state index is -4.71. The van der Waals surface area contributed by atoms with E-state index in [4.69, 9.17) is 13.8 Å². The standard InChI is InChI=1S/C83H153N2O7P/c1-7-10-13-16-19-22-25-28-30-32-34-36-38-40-42-44-46-48-50-52-54-57-60-63-66-69-72-75-82(86)84-80(79-91-93(88,89)90-78-77-85(4,5)6)81(74-71-68-65-62-59-56-27-24-21-18-15-12-9-3)92-83(87)76-73-70-67-64-61-58-55-53-51-49-47-45-43-41-39-37-35-33-31-29-26-23-20-17-14-11-8-2/h11,14,20,23,29,31,35,37,41,43,47,49,71,74,80-81H,7-10,12-13,15-19,21-22,24-28,30,32-34,36,38-40,42,44-46,48,50-70,72-73,75-79H2,1-6H3,(H-,84,86,88,89)/b14-11-,23-20-,31-29-,37-35-,43-41-,49-47-,74-71+. The maximum absolute atomic E-state index is 13.7. The fourth-order valence-electron chi connectivity index (χ4n) is 11.8. The topological polar surface area (TPSA) is 114 Å². The van der Waals surface area contributed by atoms with Gasteiger partial charge in [0.05, 0.1) is 33.8 Å². The summed E-state index contributed by atoms with van der Waals surface area (Å²) in [6.45, 7) is 6.78. The Kier molecular flexibility index (Phi) is 69.8. The molecule has 3 atom stereocenters. The second-order valence-corrected chi connectivity index (χ2v) is 29.6. The first-order valence-corrected chi connectivity index (χ1v) is 41.4. The van der Waals surface area contributed by atoms with E-state index in [9.17, 15) is 19.0 Å². The average molecular weight is 1320 g/mol. The Morgan fingerprint density at radius 2 is 0.688 bits per heavy atom. The zero-order valence-corrected chi connectivity index (χ0v) is 63.1. The molecule has 542 valence electrons. The van der Waals surface area contributed by atoms with Crippen LogP contribution < -0.4 is 10.2 Å². The number of unbranched alkanes of at least 4 members (excludes halogenated alkanes) is 45. The van der Waals surface area contributed by atoms with Gasteiger partial charge in [-0.25, -0.2) is 0 Å². The molecule has 0 bridgehead atoms. The monoisotopic (exact) mass is 1320 g/mol. The molecule has 3 unspecified atom stereocenters. The van der Waals surface area contributed by atoms with E-state index in [-0.39, 0.29) is 24.9 Å². The molecule has 1 amide bonds. The van der Waals surface area contributed by atoms with Crippen LogP contribution in [0.25, 0.3) is 0 Å². The van der Waals surface area contributed by atoms with Gasteiger partial charge in [0.25, 0.3) is 7.82 Å². The van der Waals surface area contributed by atoms with Gasteiger partial charge in [0.1, 0.15) is 19.3 Å². The molecule has 0 heterocycles.